The Bertz CT molecular complexity index is 438. The maximum Gasteiger partial charge on any atom is 0.0866 e. The number of hydrogen-bond donors (Lipinski definition) is 2. The van der Waals surface area contributed by atoms with E-state index in [2.05, 4.69) is 12.1 Å². The molecule has 4 N–H and O–H groups in total. The predicted octanol–water partition coefficient (Wildman–Crippen LogP) is 2.55. The van der Waals surface area contributed by atoms with E-state index in [1.165, 1.54) is 20.9 Å². The summed E-state index contributed by atoms with van der Waals surface area (Å²) in [6.45, 7) is 0. The average Bonchev–Trinajstić information content (AvgIpc) is 2.60. The first kappa shape index (κ1) is 7.41. The number of anilines is 2. The van der Waals surface area contributed by atoms with Crippen molar-refractivity contribution < 1.29 is 0 Å². The zero-order valence-electron chi connectivity index (χ0n) is 6.83. The van der Waals surface area contributed by atoms with Gasteiger partial charge in [-0.25, -0.2) is 0 Å². The molecule has 0 atom stereocenters. The van der Waals surface area contributed by atoms with Gasteiger partial charge in [-0.05, 0) is 23.3 Å². The molecule has 0 unspecified atom stereocenters. The van der Waals surface area contributed by atoms with E-state index in [0.29, 0.717) is 0 Å². The molecular formula is C9H8N2S2. The van der Waals surface area contributed by atoms with Gasteiger partial charge in [-0.15, -0.1) is 22.7 Å². The molecule has 0 saturated carbocycles. The Morgan fingerprint density at radius 3 is 1.85 bits per heavy atom. The van der Waals surface area contributed by atoms with Crippen molar-refractivity contribution in [2.75, 3.05) is 11.5 Å². The molecule has 0 aromatic carbocycles. The van der Waals surface area contributed by atoms with Gasteiger partial charge < -0.3 is 11.5 Å². The van der Waals surface area contributed by atoms with Gasteiger partial charge in [0.25, 0.3) is 0 Å². The van der Waals surface area contributed by atoms with E-state index in [-0.39, 0.29) is 0 Å². The van der Waals surface area contributed by atoms with Crippen LogP contribution in [0.15, 0.2) is 12.1 Å². The molecule has 0 bridgehead atoms. The molecule has 3 rings (SSSR count). The van der Waals surface area contributed by atoms with Gasteiger partial charge >= 0.3 is 0 Å². The Balaban J connectivity index is 2.28. The predicted molar refractivity (Wildman–Crippen MR) is 59.3 cm³/mol. The Morgan fingerprint density at radius 2 is 1.38 bits per heavy atom. The topological polar surface area (TPSA) is 52.0 Å². The number of hydrogen-bond acceptors (Lipinski definition) is 4. The van der Waals surface area contributed by atoms with E-state index in [1.807, 2.05) is 0 Å². The molecule has 0 amide bonds. The molecule has 1 aliphatic rings. The van der Waals surface area contributed by atoms with E-state index >= 15 is 0 Å². The average molecular weight is 208 g/mol. The minimum absolute atomic E-state index is 0.905. The van der Waals surface area contributed by atoms with E-state index < -0.39 is 0 Å². The van der Waals surface area contributed by atoms with Gasteiger partial charge in [-0.3, -0.25) is 0 Å². The zero-order chi connectivity index (χ0) is 9.00. The van der Waals surface area contributed by atoms with E-state index in [4.69, 9.17) is 11.5 Å². The summed E-state index contributed by atoms with van der Waals surface area (Å²) in [7, 11) is 0. The number of thiophene rings is 2. The van der Waals surface area contributed by atoms with Crippen LogP contribution < -0.4 is 11.5 Å². The van der Waals surface area contributed by atoms with Gasteiger partial charge in [0.15, 0.2) is 0 Å². The summed E-state index contributed by atoms with van der Waals surface area (Å²) >= 11 is 3.33. The summed E-state index contributed by atoms with van der Waals surface area (Å²) in [5.41, 5.74) is 14.2. The minimum atomic E-state index is 0.905. The monoisotopic (exact) mass is 208 g/mol. The standard InChI is InChI=1S/C9H8N2S2/c10-6-2-4-1-5-3-7(11)13-9(5)8(4)12-6/h2-3H,1,10-11H2. The Morgan fingerprint density at radius 1 is 0.923 bits per heavy atom. The van der Waals surface area contributed by atoms with Crippen molar-refractivity contribution in [2.45, 2.75) is 6.42 Å². The largest absolute Gasteiger partial charge is 0.391 e. The van der Waals surface area contributed by atoms with Crippen molar-refractivity contribution in [1.29, 1.82) is 0 Å². The van der Waals surface area contributed by atoms with Gasteiger partial charge in [0, 0.05) is 6.42 Å². The van der Waals surface area contributed by atoms with Crippen molar-refractivity contribution in [3.63, 3.8) is 0 Å². The first-order valence-corrected chi connectivity index (χ1v) is 5.64. The molecule has 0 radical (unpaired) electrons. The molecule has 2 nitrogen and oxygen atoms in total. The van der Waals surface area contributed by atoms with Crippen LogP contribution in [0.1, 0.15) is 11.1 Å². The molecule has 2 aromatic rings. The highest BCUT2D eigenvalue weighted by Gasteiger charge is 2.23. The molecule has 2 heterocycles. The lowest BCUT2D eigenvalue weighted by Crippen LogP contribution is -1.80. The highest BCUT2D eigenvalue weighted by Crippen LogP contribution is 2.48. The Labute approximate surface area is 83.8 Å². The number of rotatable bonds is 0. The zero-order valence-corrected chi connectivity index (χ0v) is 8.47. The summed E-state index contributed by atoms with van der Waals surface area (Å²) in [6.07, 6.45) is 1.01. The van der Waals surface area contributed by atoms with Gasteiger partial charge in [0.2, 0.25) is 0 Å². The third-order valence-electron chi connectivity index (χ3n) is 2.24. The van der Waals surface area contributed by atoms with Gasteiger partial charge in [-0.1, -0.05) is 0 Å². The first-order chi connectivity index (χ1) is 6.24. The number of nitrogens with two attached hydrogens (primary N) is 2. The highest BCUT2D eigenvalue weighted by atomic mass is 32.1. The molecule has 0 saturated heterocycles. The van der Waals surface area contributed by atoms with E-state index in [9.17, 15) is 0 Å². The van der Waals surface area contributed by atoms with Crippen LogP contribution in [0.3, 0.4) is 0 Å². The molecule has 2 aromatic heterocycles. The van der Waals surface area contributed by atoms with Crippen molar-refractivity contribution in [3.05, 3.63) is 23.3 Å². The molecule has 0 fully saturated rings. The number of nitrogen functional groups attached to an aromatic ring is 2. The second kappa shape index (κ2) is 2.27. The second-order valence-electron chi connectivity index (χ2n) is 3.18. The van der Waals surface area contributed by atoms with Crippen LogP contribution in [0.25, 0.3) is 9.75 Å². The fourth-order valence-electron chi connectivity index (χ4n) is 1.75. The second-order valence-corrected chi connectivity index (χ2v) is 5.35. The minimum Gasteiger partial charge on any atom is -0.391 e. The van der Waals surface area contributed by atoms with Crippen LogP contribution >= 0.6 is 22.7 Å². The third kappa shape index (κ3) is 0.927. The molecule has 1 aliphatic carbocycles. The van der Waals surface area contributed by atoms with Crippen LogP contribution in [0.2, 0.25) is 0 Å². The first-order valence-electron chi connectivity index (χ1n) is 4.01. The fraction of sp³-hybridized carbons (Fsp3) is 0.111. The lowest BCUT2D eigenvalue weighted by Gasteiger charge is -1.86. The maximum absolute atomic E-state index is 5.74. The normalized spacial score (nSPS) is 12.9. The summed E-state index contributed by atoms with van der Waals surface area (Å²) in [6, 6.07) is 4.14. The lowest BCUT2D eigenvalue weighted by atomic mass is 10.2. The van der Waals surface area contributed by atoms with Gasteiger partial charge in [0.05, 0.1) is 19.8 Å². The summed E-state index contributed by atoms with van der Waals surface area (Å²) in [4.78, 5) is 2.66. The lowest BCUT2D eigenvalue weighted by molar-refractivity contribution is 1.28. The van der Waals surface area contributed by atoms with Gasteiger partial charge in [-0.2, -0.15) is 0 Å². The molecular weight excluding hydrogens is 200 g/mol. The smallest absolute Gasteiger partial charge is 0.0866 e. The SMILES string of the molecule is Nc1cc2c(s1)-c1sc(N)cc1C2. The fourth-order valence-corrected chi connectivity index (χ4v) is 3.85. The van der Waals surface area contributed by atoms with Crippen molar-refractivity contribution in [1.82, 2.24) is 0 Å². The van der Waals surface area contributed by atoms with Crippen molar-refractivity contribution >= 4 is 32.7 Å². The Hall–Kier alpha value is -1.00. The van der Waals surface area contributed by atoms with E-state index in [1.54, 1.807) is 22.7 Å². The number of fused-ring (bicyclic) bond motifs is 3. The van der Waals surface area contributed by atoms with Crippen LogP contribution in [-0.2, 0) is 6.42 Å². The van der Waals surface area contributed by atoms with Gasteiger partial charge in [0.1, 0.15) is 0 Å². The van der Waals surface area contributed by atoms with E-state index in [0.717, 1.165) is 16.4 Å². The van der Waals surface area contributed by atoms with Crippen LogP contribution in [0, 0.1) is 0 Å². The quantitative estimate of drug-likeness (QED) is 0.596. The highest BCUT2D eigenvalue weighted by molar-refractivity contribution is 7.26. The van der Waals surface area contributed by atoms with Crippen molar-refractivity contribution in [3.8, 4) is 9.75 Å². The summed E-state index contributed by atoms with van der Waals surface area (Å²) < 4.78 is 0. The van der Waals surface area contributed by atoms with Crippen molar-refractivity contribution in [2.24, 2.45) is 0 Å². The van der Waals surface area contributed by atoms with Crippen LogP contribution in [0.5, 0.6) is 0 Å². The maximum atomic E-state index is 5.74. The molecule has 0 spiro atoms. The molecule has 13 heavy (non-hydrogen) atoms. The molecule has 0 aliphatic heterocycles. The Kier molecular flexibility index (Phi) is 1.30. The molecule has 4 heteroatoms. The third-order valence-corrected chi connectivity index (χ3v) is 4.42. The summed E-state index contributed by atoms with van der Waals surface area (Å²) in [5, 5.41) is 1.81. The summed E-state index contributed by atoms with van der Waals surface area (Å²) in [5.74, 6) is 0. The van der Waals surface area contributed by atoms with Crippen LogP contribution in [0.4, 0.5) is 10.0 Å². The molecule has 66 valence electrons. The van der Waals surface area contributed by atoms with Crippen LogP contribution in [-0.4, -0.2) is 0 Å².